The number of hydrogen-bond donors (Lipinski definition) is 0. The predicted molar refractivity (Wildman–Crippen MR) is 51.6 cm³/mol. The van der Waals surface area contributed by atoms with Crippen LogP contribution in [0.1, 0.15) is 29.9 Å². The average Bonchev–Trinajstić information content (AvgIpc) is 2.39. The lowest BCUT2D eigenvalue weighted by atomic mass is 10.1. The maximum absolute atomic E-state index is 11.3. The summed E-state index contributed by atoms with van der Waals surface area (Å²) in [6.45, 7) is 7.00. The molecule has 1 aromatic rings. The fourth-order valence-corrected chi connectivity index (χ4v) is 1.81. The molecule has 1 atom stereocenters. The molecule has 0 fully saturated rings. The van der Waals surface area contributed by atoms with Crippen molar-refractivity contribution in [1.82, 2.24) is 9.78 Å². The normalized spacial score (nSPS) is 20.1. The molecule has 0 amide bonds. The van der Waals surface area contributed by atoms with Crippen LogP contribution in [0.15, 0.2) is 0 Å². The summed E-state index contributed by atoms with van der Waals surface area (Å²) in [5.41, 5.74) is 1.40. The number of Topliss-reactive ketones (excluding diaryl/α,β-unsaturated/α-hetero) is 1. The third-order valence-electron chi connectivity index (χ3n) is 2.42. The van der Waals surface area contributed by atoms with E-state index in [0.29, 0.717) is 24.0 Å². The summed E-state index contributed by atoms with van der Waals surface area (Å²) in [7, 11) is 0. The van der Waals surface area contributed by atoms with Gasteiger partial charge in [0.1, 0.15) is 5.56 Å². The van der Waals surface area contributed by atoms with Crippen LogP contribution < -0.4 is 4.74 Å². The minimum Gasteiger partial charge on any atom is -0.477 e. The monoisotopic (exact) mass is 194 g/mol. The van der Waals surface area contributed by atoms with Crippen molar-refractivity contribution in [3.63, 3.8) is 0 Å². The number of ether oxygens (including phenoxy) is 1. The summed E-state index contributed by atoms with van der Waals surface area (Å²) in [4.78, 5) is 11.3. The van der Waals surface area contributed by atoms with Crippen molar-refractivity contribution in [2.75, 3.05) is 6.61 Å². The van der Waals surface area contributed by atoms with E-state index in [4.69, 9.17) is 4.74 Å². The Morgan fingerprint density at radius 1 is 1.64 bits per heavy atom. The van der Waals surface area contributed by atoms with Gasteiger partial charge in [-0.1, -0.05) is 6.92 Å². The first kappa shape index (κ1) is 9.24. The second-order valence-electron chi connectivity index (χ2n) is 3.92. The topological polar surface area (TPSA) is 44.1 Å². The highest BCUT2D eigenvalue weighted by Gasteiger charge is 2.25. The lowest BCUT2D eigenvalue weighted by molar-refractivity contribution is 0.100. The summed E-state index contributed by atoms with van der Waals surface area (Å²) in [6.07, 6.45) is 0. The number of fused-ring (bicyclic) bond motifs is 1. The Kier molecular flexibility index (Phi) is 2.06. The van der Waals surface area contributed by atoms with E-state index in [0.717, 1.165) is 12.2 Å². The van der Waals surface area contributed by atoms with Gasteiger partial charge in [0.25, 0.3) is 0 Å². The summed E-state index contributed by atoms with van der Waals surface area (Å²) >= 11 is 0. The zero-order valence-corrected chi connectivity index (χ0v) is 8.70. The highest BCUT2D eigenvalue weighted by Crippen LogP contribution is 2.27. The van der Waals surface area contributed by atoms with Gasteiger partial charge in [-0.3, -0.25) is 4.79 Å². The molecule has 4 nitrogen and oxygen atoms in total. The number of aromatic nitrogens is 2. The number of hydrogen-bond acceptors (Lipinski definition) is 3. The van der Waals surface area contributed by atoms with Gasteiger partial charge in [0.05, 0.1) is 18.8 Å². The van der Waals surface area contributed by atoms with E-state index in [2.05, 4.69) is 12.0 Å². The molecule has 0 N–H and O–H groups in total. The lowest BCUT2D eigenvalue weighted by Crippen LogP contribution is -2.24. The van der Waals surface area contributed by atoms with Crippen molar-refractivity contribution >= 4 is 5.78 Å². The molecule has 0 aromatic carbocycles. The first-order chi connectivity index (χ1) is 6.59. The molecule has 0 saturated carbocycles. The Balaban J connectivity index is 2.49. The molecule has 1 aliphatic rings. The summed E-state index contributed by atoms with van der Waals surface area (Å²) < 4.78 is 7.32. The molecule has 0 spiro atoms. The van der Waals surface area contributed by atoms with E-state index in [-0.39, 0.29) is 5.78 Å². The van der Waals surface area contributed by atoms with Gasteiger partial charge in [-0.15, -0.1) is 0 Å². The van der Waals surface area contributed by atoms with Gasteiger partial charge in [-0.05, 0) is 13.8 Å². The Morgan fingerprint density at radius 2 is 2.36 bits per heavy atom. The van der Waals surface area contributed by atoms with Gasteiger partial charge in [-0.2, -0.15) is 5.10 Å². The van der Waals surface area contributed by atoms with Crippen LogP contribution in [-0.2, 0) is 6.54 Å². The predicted octanol–water partition coefficient (Wildman–Crippen LogP) is 1.42. The second kappa shape index (κ2) is 3.12. The summed E-state index contributed by atoms with van der Waals surface area (Å²) in [5, 5.41) is 4.29. The quantitative estimate of drug-likeness (QED) is 0.635. The molecule has 4 heteroatoms. The highest BCUT2D eigenvalue weighted by molar-refractivity contribution is 5.97. The van der Waals surface area contributed by atoms with Crippen LogP contribution in [0.4, 0.5) is 0 Å². The number of ketones is 1. The van der Waals surface area contributed by atoms with Crippen molar-refractivity contribution in [3.8, 4) is 5.88 Å². The maximum Gasteiger partial charge on any atom is 0.223 e. The molecule has 2 rings (SSSR count). The van der Waals surface area contributed by atoms with E-state index in [1.54, 1.807) is 11.6 Å². The Morgan fingerprint density at radius 3 is 3.00 bits per heavy atom. The highest BCUT2D eigenvalue weighted by atomic mass is 16.5. The number of carbonyl (C=O) groups excluding carboxylic acids is 1. The Bertz CT molecular complexity index is 382. The van der Waals surface area contributed by atoms with Crippen molar-refractivity contribution in [2.24, 2.45) is 5.92 Å². The van der Waals surface area contributed by atoms with E-state index in [1.165, 1.54) is 0 Å². The third kappa shape index (κ3) is 1.31. The molecular weight excluding hydrogens is 180 g/mol. The van der Waals surface area contributed by atoms with Crippen LogP contribution in [0.25, 0.3) is 0 Å². The van der Waals surface area contributed by atoms with Gasteiger partial charge in [0, 0.05) is 5.92 Å². The van der Waals surface area contributed by atoms with Crippen molar-refractivity contribution < 1.29 is 9.53 Å². The molecule has 76 valence electrons. The van der Waals surface area contributed by atoms with Crippen LogP contribution in [0.5, 0.6) is 5.88 Å². The maximum atomic E-state index is 11.3. The molecule has 14 heavy (non-hydrogen) atoms. The molecule has 1 unspecified atom stereocenters. The van der Waals surface area contributed by atoms with Gasteiger partial charge < -0.3 is 4.74 Å². The molecule has 0 aliphatic carbocycles. The first-order valence-corrected chi connectivity index (χ1v) is 4.80. The van der Waals surface area contributed by atoms with E-state index >= 15 is 0 Å². The fourth-order valence-electron chi connectivity index (χ4n) is 1.81. The molecular formula is C10H14N2O2. The first-order valence-electron chi connectivity index (χ1n) is 4.80. The zero-order chi connectivity index (χ0) is 10.3. The number of aryl methyl sites for hydroxylation is 1. The van der Waals surface area contributed by atoms with Crippen LogP contribution >= 0.6 is 0 Å². The van der Waals surface area contributed by atoms with E-state index in [1.807, 2.05) is 6.92 Å². The molecule has 1 aromatic heterocycles. The summed E-state index contributed by atoms with van der Waals surface area (Å²) in [6, 6.07) is 0. The van der Waals surface area contributed by atoms with Gasteiger partial charge in [0.2, 0.25) is 5.88 Å². The van der Waals surface area contributed by atoms with Gasteiger partial charge >= 0.3 is 0 Å². The van der Waals surface area contributed by atoms with Crippen molar-refractivity contribution in [1.29, 1.82) is 0 Å². The largest absolute Gasteiger partial charge is 0.477 e. The van der Waals surface area contributed by atoms with E-state index < -0.39 is 0 Å². The van der Waals surface area contributed by atoms with Crippen molar-refractivity contribution in [3.05, 3.63) is 11.3 Å². The Labute approximate surface area is 82.9 Å². The minimum absolute atomic E-state index is 0.0262. The minimum atomic E-state index is 0.0262. The summed E-state index contributed by atoms with van der Waals surface area (Å²) in [5.74, 6) is 1.13. The number of rotatable bonds is 1. The molecule has 2 heterocycles. The van der Waals surface area contributed by atoms with Crippen LogP contribution in [0, 0.1) is 12.8 Å². The molecule has 1 aliphatic heterocycles. The van der Waals surface area contributed by atoms with Crippen LogP contribution in [0.3, 0.4) is 0 Å². The SMILES string of the molecule is CC(=O)c1c(C)nn2c1OCC(C)C2. The number of carbonyl (C=O) groups is 1. The molecule has 0 saturated heterocycles. The molecule has 0 radical (unpaired) electrons. The van der Waals surface area contributed by atoms with E-state index in [9.17, 15) is 4.79 Å². The lowest BCUT2D eigenvalue weighted by Gasteiger charge is -2.21. The van der Waals surface area contributed by atoms with Gasteiger partial charge in [0.15, 0.2) is 5.78 Å². The fraction of sp³-hybridized carbons (Fsp3) is 0.600. The van der Waals surface area contributed by atoms with Crippen molar-refractivity contribution in [2.45, 2.75) is 27.3 Å². The van der Waals surface area contributed by atoms with Gasteiger partial charge in [-0.25, -0.2) is 4.68 Å². The number of nitrogens with zero attached hydrogens (tertiary/aromatic N) is 2. The Hall–Kier alpha value is -1.32. The van der Waals surface area contributed by atoms with Crippen LogP contribution in [-0.4, -0.2) is 22.2 Å². The third-order valence-corrected chi connectivity index (χ3v) is 2.42. The zero-order valence-electron chi connectivity index (χ0n) is 8.70. The van der Waals surface area contributed by atoms with Crippen LogP contribution in [0.2, 0.25) is 0 Å². The molecule has 0 bridgehead atoms. The second-order valence-corrected chi connectivity index (χ2v) is 3.92. The smallest absolute Gasteiger partial charge is 0.223 e. The standard InChI is InChI=1S/C10H14N2O2/c1-6-4-12-10(14-5-6)9(8(3)13)7(2)11-12/h6H,4-5H2,1-3H3. The average molecular weight is 194 g/mol.